The number of benzene rings is 2. The summed E-state index contributed by atoms with van der Waals surface area (Å²) in [6.07, 6.45) is 13.5. The third-order valence-electron chi connectivity index (χ3n) is 9.05. The number of likely N-dealkylation sites (tertiary alicyclic amines) is 2. The predicted molar refractivity (Wildman–Crippen MR) is 172 cm³/mol. The van der Waals surface area contributed by atoms with Crippen LogP contribution in [-0.4, -0.2) is 83.1 Å². The number of anilines is 1. The third-order valence-corrected chi connectivity index (χ3v) is 9.05. The van der Waals surface area contributed by atoms with Crippen molar-refractivity contribution in [2.45, 2.75) is 44.2 Å². The standard InChI is InChI=1S/C35H36F2N6O2/c1-5-25-28(36)16-15-22-11-9-14-26(30(22)25)32-31(37)33-27(19-38-32)34(42(4)20-23-13-10-18-43(23)29(44)6-2)40-35(39-33)45-21-24-12-7-8-17-41(24)3/h1,6,9,11,14-16,19,23-24H,2,7-8,10,12-13,17-18,20-21H2,3-4H3/t23-,24-/m0/s1. The van der Waals surface area contributed by atoms with Gasteiger partial charge in [0.15, 0.2) is 5.82 Å². The minimum atomic E-state index is -0.687. The highest BCUT2D eigenvalue weighted by Gasteiger charge is 2.30. The first-order valence-electron chi connectivity index (χ1n) is 15.3. The monoisotopic (exact) mass is 610 g/mol. The van der Waals surface area contributed by atoms with Gasteiger partial charge in [0.2, 0.25) is 5.91 Å². The molecule has 2 aliphatic rings. The van der Waals surface area contributed by atoms with Gasteiger partial charge in [-0.25, -0.2) is 8.78 Å². The van der Waals surface area contributed by atoms with E-state index in [0.29, 0.717) is 47.2 Å². The van der Waals surface area contributed by atoms with E-state index < -0.39 is 11.6 Å². The molecule has 2 aliphatic heterocycles. The lowest BCUT2D eigenvalue weighted by Crippen LogP contribution is -2.42. The van der Waals surface area contributed by atoms with Crippen molar-refractivity contribution < 1.29 is 18.3 Å². The summed E-state index contributed by atoms with van der Waals surface area (Å²) in [5.74, 6) is 1.50. The molecule has 6 rings (SSSR count). The fourth-order valence-corrected chi connectivity index (χ4v) is 6.62. The topological polar surface area (TPSA) is 74.7 Å². The quantitative estimate of drug-likeness (QED) is 0.191. The van der Waals surface area contributed by atoms with Gasteiger partial charge in [-0.05, 0) is 56.8 Å². The number of likely N-dealkylation sites (N-methyl/N-ethyl adjacent to an activating group) is 2. The summed E-state index contributed by atoms with van der Waals surface area (Å²) in [5.41, 5.74) is 0.441. The van der Waals surface area contributed by atoms with Crippen LogP contribution in [0.4, 0.5) is 14.6 Å². The molecule has 0 spiro atoms. The molecule has 2 aromatic carbocycles. The molecule has 10 heteroatoms. The van der Waals surface area contributed by atoms with E-state index in [0.717, 1.165) is 38.6 Å². The normalized spacial score (nSPS) is 18.7. The maximum Gasteiger partial charge on any atom is 0.319 e. The fraction of sp³-hybridized carbons (Fsp3) is 0.371. The van der Waals surface area contributed by atoms with Crippen LogP contribution in [0.25, 0.3) is 32.9 Å². The average Bonchev–Trinajstić information content (AvgIpc) is 3.52. The molecule has 0 aliphatic carbocycles. The molecule has 4 heterocycles. The van der Waals surface area contributed by atoms with E-state index in [1.54, 1.807) is 24.3 Å². The van der Waals surface area contributed by atoms with Crippen LogP contribution in [0.2, 0.25) is 0 Å². The van der Waals surface area contributed by atoms with Gasteiger partial charge in [0, 0.05) is 49.4 Å². The Morgan fingerprint density at radius 2 is 1.98 bits per heavy atom. The molecule has 0 N–H and O–H groups in total. The van der Waals surface area contributed by atoms with E-state index in [2.05, 4.69) is 34.4 Å². The SMILES string of the molecule is C#Cc1c(F)ccc2cccc(-c3ncc4c(N(C)C[C@@H]5CCCN5C(=O)C=C)nc(OC[C@@H]5CCCCN5C)nc4c3F)c12. The summed E-state index contributed by atoms with van der Waals surface area (Å²) in [7, 11) is 3.93. The second-order valence-electron chi connectivity index (χ2n) is 11.8. The lowest BCUT2D eigenvalue weighted by molar-refractivity contribution is -0.126. The highest BCUT2D eigenvalue weighted by atomic mass is 19.1. The number of fused-ring (bicyclic) bond motifs is 2. The average molecular weight is 611 g/mol. The van der Waals surface area contributed by atoms with Crippen LogP contribution in [0, 0.1) is 24.0 Å². The summed E-state index contributed by atoms with van der Waals surface area (Å²) < 4.78 is 37.6. The number of rotatable bonds is 8. The van der Waals surface area contributed by atoms with E-state index in [1.807, 2.05) is 16.8 Å². The van der Waals surface area contributed by atoms with Gasteiger partial charge in [0.25, 0.3) is 0 Å². The highest BCUT2D eigenvalue weighted by molar-refractivity contribution is 6.02. The molecular weight excluding hydrogens is 574 g/mol. The van der Waals surface area contributed by atoms with Crippen LogP contribution in [0.3, 0.4) is 0 Å². The predicted octanol–water partition coefficient (Wildman–Crippen LogP) is 5.58. The second-order valence-corrected chi connectivity index (χ2v) is 11.8. The van der Waals surface area contributed by atoms with Crippen LogP contribution in [0.15, 0.2) is 49.2 Å². The lowest BCUT2D eigenvalue weighted by atomic mass is 9.96. The molecule has 2 saturated heterocycles. The maximum atomic E-state index is 16.7. The van der Waals surface area contributed by atoms with Crippen molar-refractivity contribution in [1.29, 1.82) is 0 Å². The number of hydrogen-bond acceptors (Lipinski definition) is 7. The number of amides is 1. The summed E-state index contributed by atoms with van der Waals surface area (Å²) in [6, 6.07) is 8.34. The molecular formula is C35H36F2N6O2. The van der Waals surface area contributed by atoms with Crippen LogP contribution in [-0.2, 0) is 4.79 Å². The number of terminal acetylenes is 1. The van der Waals surface area contributed by atoms with Crippen molar-refractivity contribution in [1.82, 2.24) is 24.8 Å². The Labute approximate surface area is 261 Å². The molecule has 0 unspecified atom stereocenters. The molecule has 1 amide bonds. The minimum absolute atomic E-state index is 0.000912. The number of nitrogens with zero attached hydrogens (tertiary/aromatic N) is 6. The first-order chi connectivity index (χ1) is 21.8. The smallest absolute Gasteiger partial charge is 0.319 e. The van der Waals surface area contributed by atoms with Crippen molar-refractivity contribution in [2.24, 2.45) is 0 Å². The fourth-order valence-electron chi connectivity index (χ4n) is 6.62. The summed E-state index contributed by atoms with van der Waals surface area (Å²) in [4.78, 5) is 32.3. The van der Waals surface area contributed by atoms with E-state index in [1.165, 1.54) is 18.3 Å². The first kappa shape index (κ1) is 30.4. The van der Waals surface area contributed by atoms with Gasteiger partial charge in [-0.3, -0.25) is 9.78 Å². The summed E-state index contributed by atoms with van der Waals surface area (Å²) >= 11 is 0. The molecule has 2 atom stereocenters. The first-order valence-corrected chi connectivity index (χ1v) is 15.3. The number of halogens is 2. The molecule has 2 fully saturated rings. The Balaban J connectivity index is 1.45. The molecule has 8 nitrogen and oxygen atoms in total. The van der Waals surface area contributed by atoms with E-state index in [4.69, 9.17) is 16.1 Å². The number of pyridine rings is 1. The van der Waals surface area contributed by atoms with E-state index >= 15 is 4.39 Å². The largest absolute Gasteiger partial charge is 0.462 e. The zero-order valence-corrected chi connectivity index (χ0v) is 25.6. The van der Waals surface area contributed by atoms with E-state index in [-0.39, 0.29) is 40.8 Å². The van der Waals surface area contributed by atoms with Gasteiger partial charge in [-0.2, -0.15) is 9.97 Å². The van der Waals surface area contributed by atoms with Crippen molar-refractivity contribution in [3.05, 3.63) is 66.4 Å². The second kappa shape index (κ2) is 12.8. The molecule has 232 valence electrons. The van der Waals surface area contributed by atoms with E-state index in [9.17, 15) is 9.18 Å². The van der Waals surface area contributed by atoms with Crippen molar-refractivity contribution in [2.75, 3.05) is 45.2 Å². The van der Waals surface area contributed by atoms with Crippen LogP contribution in [0.1, 0.15) is 37.7 Å². The molecule has 0 radical (unpaired) electrons. The summed E-state index contributed by atoms with van der Waals surface area (Å²) in [5, 5.41) is 1.47. The Bertz CT molecular complexity index is 1820. The molecule has 4 aromatic rings. The van der Waals surface area contributed by atoms with Gasteiger partial charge in [0.1, 0.15) is 29.5 Å². The van der Waals surface area contributed by atoms with Crippen LogP contribution >= 0.6 is 0 Å². The molecule has 45 heavy (non-hydrogen) atoms. The molecule has 0 bridgehead atoms. The van der Waals surface area contributed by atoms with Crippen molar-refractivity contribution in [3.63, 3.8) is 0 Å². The van der Waals surface area contributed by atoms with Gasteiger partial charge in [-0.1, -0.05) is 43.2 Å². The van der Waals surface area contributed by atoms with Gasteiger partial charge in [0.05, 0.1) is 10.9 Å². The zero-order chi connectivity index (χ0) is 31.7. The number of carbonyl (C=O) groups is 1. The van der Waals surface area contributed by atoms with Gasteiger partial charge < -0.3 is 19.4 Å². The van der Waals surface area contributed by atoms with Gasteiger partial charge in [-0.15, -0.1) is 6.42 Å². The Morgan fingerprint density at radius 3 is 2.76 bits per heavy atom. The third kappa shape index (κ3) is 5.80. The Morgan fingerprint density at radius 1 is 1.16 bits per heavy atom. The number of ether oxygens (including phenoxy) is 1. The highest BCUT2D eigenvalue weighted by Crippen LogP contribution is 2.36. The van der Waals surface area contributed by atoms with Crippen LogP contribution < -0.4 is 9.64 Å². The number of piperidine rings is 1. The summed E-state index contributed by atoms with van der Waals surface area (Å²) in [6.45, 7) is 6.11. The van der Waals surface area contributed by atoms with Crippen molar-refractivity contribution in [3.8, 4) is 29.6 Å². The number of hydrogen-bond donors (Lipinski definition) is 0. The Hall–Kier alpha value is -4.62. The Kier molecular flexibility index (Phi) is 8.63. The number of carbonyl (C=O) groups excluding carboxylic acids is 1. The molecule has 0 saturated carbocycles. The van der Waals surface area contributed by atoms with Gasteiger partial charge >= 0.3 is 6.01 Å². The lowest BCUT2D eigenvalue weighted by Gasteiger charge is -2.32. The van der Waals surface area contributed by atoms with Crippen molar-refractivity contribution >= 4 is 33.4 Å². The van der Waals surface area contributed by atoms with Crippen LogP contribution in [0.5, 0.6) is 6.01 Å². The molecule has 2 aromatic heterocycles. The zero-order valence-electron chi connectivity index (χ0n) is 25.6. The maximum absolute atomic E-state index is 16.7. The number of aromatic nitrogens is 3. The minimum Gasteiger partial charge on any atom is -0.462 e.